The molecule has 0 rings (SSSR count). The number of carbonyl (C=O) groups excluding carboxylic acids is 1. The summed E-state index contributed by atoms with van der Waals surface area (Å²) in [6, 6.07) is 0. The van der Waals surface area contributed by atoms with E-state index in [4.69, 9.17) is 9.84 Å². The van der Waals surface area contributed by atoms with Crippen molar-refractivity contribution >= 4 is 11.9 Å². The molecule has 5 heteroatoms. The highest BCUT2D eigenvalue weighted by Gasteiger charge is 2.08. The number of nitrogens with zero attached hydrogens (tertiary/aromatic N) is 1. The van der Waals surface area contributed by atoms with Gasteiger partial charge in [-0.2, -0.15) is 0 Å². The van der Waals surface area contributed by atoms with Gasteiger partial charge in [-0.05, 0) is 0 Å². The van der Waals surface area contributed by atoms with Crippen molar-refractivity contribution in [3.63, 3.8) is 0 Å². The molecule has 0 spiro atoms. The largest absolute Gasteiger partial charge is 0.478 e. The van der Waals surface area contributed by atoms with E-state index in [0.717, 1.165) is 12.2 Å². The molecule has 0 radical (unpaired) electrons. The molecule has 0 aromatic heterocycles. The first-order valence-corrected chi connectivity index (χ1v) is 4.41. The molecular formula is C10H15NO4. The van der Waals surface area contributed by atoms with Gasteiger partial charge in [0.25, 0.3) is 0 Å². The maximum atomic E-state index is 11.4. The summed E-state index contributed by atoms with van der Waals surface area (Å²) in [6.45, 7) is 4.69. The molecule has 5 nitrogen and oxygen atoms in total. The van der Waals surface area contributed by atoms with E-state index in [1.165, 1.54) is 12.0 Å². The first kappa shape index (κ1) is 13.4. The number of carboxylic acid groups (broad SMARTS) is 1. The molecule has 0 unspecified atom stereocenters. The van der Waals surface area contributed by atoms with Crippen molar-refractivity contribution in [1.82, 2.24) is 4.90 Å². The number of carboxylic acids is 1. The van der Waals surface area contributed by atoms with Crippen LogP contribution in [0.1, 0.15) is 0 Å². The van der Waals surface area contributed by atoms with Gasteiger partial charge in [0.15, 0.2) is 0 Å². The number of hydrogen-bond donors (Lipinski definition) is 1. The predicted molar refractivity (Wildman–Crippen MR) is 55.4 cm³/mol. The van der Waals surface area contributed by atoms with Gasteiger partial charge in [-0.15, -0.1) is 6.58 Å². The van der Waals surface area contributed by atoms with Crippen LogP contribution in [0.5, 0.6) is 0 Å². The molecule has 0 atom stereocenters. The summed E-state index contributed by atoms with van der Waals surface area (Å²) < 4.78 is 4.83. The van der Waals surface area contributed by atoms with Crippen LogP contribution in [0.3, 0.4) is 0 Å². The van der Waals surface area contributed by atoms with Crippen LogP contribution in [0, 0.1) is 0 Å². The first-order valence-electron chi connectivity index (χ1n) is 4.41. The second kappa shape index (κ2) is 7.75. The second-order valence-electron chi connectivity index (χ2n) is 2.74. The highest BCUT2D eigenvalue weighted by Crippen LogP contribution is 1.92. The Balaban J connectivity index is 4.26. The molecule has 0 bridgehead atoms. The number of rotatable bonds is 7. The average Bonchev–Trinajstić information content (AvgIpc) is 2.20. The van der Waals surface area contributed by atoms with Crippen LogP contribution < -0.4 is 0 Å². The maximum Gasteiger partial charge on any atom is 0.328 e. The normalized spacial score (nSPS) is 10.2. The highest BCUT2D eigenvalue weighted by molar-refractivity contribution is 5.93. The van der Waals surface area contributed by atoms with Crippen LogP contribution in [0.15, 0.2) is 24.8 Å². The number of aliphatic carboxylic acids is 1. The van der Waals surface area contributed by atoms with Crippen molar-refractivity contribution in [2.24, 2.45) is 0 Å². The molecular weight excluding hydrogens is 198 g/mol. The third-order valence-electron chi connectivity index (χ3n) is 1.59. The van der Waals surface area contributed by atoms with E-state index in [-0.39, 0.29) is 5.91 Å². The van der Waals surface area contributed by atoms with E-state index >= 15 is 0 Å². The van der Waals surface area contributed by atoms with E-state index < -0.39 is 5.97 Å². The third kappa shape index (κ3) is 6.45. The topological polar surface area (TPSA) is 66.8 Å². The minimum Gasteiger partial charge on any atom is -0.478 e. The van der Waals surface area contributed by atoms with Crippen LogP contribution >= 0.6 is 0 Å². The van der Waals surface area contributed by atoms with Gasteiger partial charge in [-0.3, -0.25) is 4.79 Å². The van der Waals surface area contributed by atoms with Gasteiger partial charge < -0.3 is 14.7 Å². The zero-order valence-electron chi connectivity index (χ0n) is 8.68. The summed E-state index contributed by atoms with van der Waals surface area (Å²) in [6.07, 6.45) is 3.40. The van der Waals surface area contributed by atoms with Gasteiger partial charge in [0.2, 0.25) is 5.91 Å². The molecule has 0 aliphatic heterocycles. The van der Waals surface area contributed by atoms with Crippen molar-refractivity contribution in [3.05, 3.63) is 24.8 Å². The number of amides is 1. The Kier molecular flexibility index (Phi) is 6.92. The lowest BCUT2D eigenvalue weighted by atomic mass is 10.4. The molecule has 1 N–H and O–H groups in total. The predicted octanol–water partition coefficient (Wildman–Crippen LogP) is 0.288. The van der Waals surface area contributed by atoms with Gasteiger partial charge in [-0.25, -0.2) is 4.79 Å². The first-order chi connectivity index (χ1) is 7.11. The summed E-state index contributed by atoms with van der Waals surface area (Å²) in [7, 11) is 1.53. The Morgan fingerprint density at radius 3 is 2.60 bits per heavy atom. The molecule has 0 aromatic rings. The summed E-state index contributed by atoms with van der Waals surface area (Å²) in [5.74, 6) is -1.51. The molecule has 0 heterocycles. The fourth-order valence-electron chi connectivity index (χ4n) is 0.897. The quantitative estimate of drug-likeness (QED) is 0.487. The fourth-order valence-corrected chi connectivity index (χ4v) is 0.897. The molecule has 15 heavy (non-hydrogen) atoms. The summed E-state index contributed by atoms with van der Waals surface area (Å²) >= 11 is 0. The van der Waals surface area contributed by atoms with E-state index in [2.05, 4.69) is 6.58 Å². The molecule has 0 fully saturated rings. The minimum absolute atomic E-state index is 0.366. The van der Waals surface area contributed by atoms with Crippen molar-refractivity contribution < 1.29 is 19.4 Å². The lowest BCUT2D eigenvalue weighted by Crippen LogP contribution is -2.32. The number of hydrogen-bond acceptors (Lipinski definition) is 3. The van der Waals surface area contributed by atoms with E-state index in [0.29, 0.717) is 19.7 Å². The van der Waals surface area contributed by atoms with Crippen molar-refractivity contribution in [1.29, 1.82) is 0 Å². The smallest absolute Gasteiger partial charge is 0.328 e. The third-order valence-corrected chi connectivity index (χ3v) is 1.59. The molecule has 84 valence electrons. The van der Waals surface area contributed by atoms with E-state index in [1.54, 1.807) is 6.08 Å². The Morgan fingerprint density at radius 2 is 2.13 bits per heavy atom. The van der Waals surface area contributed by atoms with Crippen LogP contribution in [-0.4, -0.2) is 48.7 Å². The van der Waals surface area contributed by atoms with Crippen molar-refractivity contribution in [2.45, 2.75) is 0 Å². The van der Waals surface area contributed by atoms with E-state index in [1.807, 2.05) is 0 Å². The zero-order valence-corrected chi connectivity index (χ0v) is 8.68. The molecule has 1 amide bonds. The average molecular weight is 213 g/mol. The van der Waals surface area contributed by atoms with Gasteiger partial charge in [0.1, 0.15) is 0 Å². The Hall–Kier alpha value is -1.62. The van der Waals surface area contributed by atoms with E-state index in [9.17, 15) is 9.59 Å². The second-order valence-corrected chi connectivity index (χ2v) is 2.74. The Morgan fingerprint density at radius 1 is 1.47 bits per heavy atom. The Bertz CT molecular complexity index is 260. The van der Waals surface area contributed by atoms with Crippen LogP contribution in [0.4, 0.5) is 0 Å². The number of ether oxygens (including phenoxy) is 1. The zero-order chi connectivity index (χ0) is 11.7. The highest BCUT2D eigenvalue weighted by atomic mass is 16.5. The van der Waals surface area contributed by atoms with Crippen molar-refractivity contribution in [3.8, 4) is 0 Å². The van der Waals surface area contributed by atoms with Crippen LogP contribution in [0.2, 0.25) is 0 Å². The maximum absolute atomic E-state index is 11.4. The SMILES string of the molecule is C=CCN(CCOC)C(=O)/C=C/C(=O)O. The summed E-state index contributed by atoms with van der Waals surface area (Å²) in [5.41, 5.74) is 0. The molecule has 0 saturated carbocycles. The molecule has 0 aliphatic rings. The number of methoxy groups -OCH3 is 1. The summed E-state index contributed by atoms with van der Waals surface area (Å²) in [4.78, 5) is 23.1. The fraction of sp³-hybridized carbons (Fsp3) is 0.400. The van der Waals surface area contributed by atoms with Gasteiger partial charge in [0.05, 0.1) is 6.61 Å². The molecule has 0 saturated heterocycles. The molecule has 0 aromatic carbocycles. The van der Waals surface area contributed by atoms with Crippen LogP contribution in [-0.2, 0) is 14.3 Å². The van der Waals surface area contributed by atoms with Gasteiger partial charge >= 0.3 is 5.97 Å². The number of carbonyl (C=O) groups is 2. The Labute approximate surface area is 88.6 Å². The minimum atomic E-state index is -1.14. The monoisotopic (exact) mass is 213 g/mol. The lowest BCUT2D eigenvalue weighted by molar-refractivity contribution is -0.132. The standard InChI is InChI=1S/C10H15NO4/c1-3-6-11(7-8-15-2)9(12)4-5-10(13)14/h3-5H,1,6-8H2,2H3,(H,13,14)/b5-4+. The van der Waals surface area contributed by atoms with Crippen LogP contribution in [0.25, 0.3) is 0 Å². The van der Waals surface area contributed by atoms with Crippen molar-refractivity contribution in [2.75, 3.05) is 26.8 Å². The lowest BCUT2D eigenvalue weighted by Gasteiger charge is -2.18. The van der Waals surface area contributed by atoms with Gasteiger partial charge in [-0.1, -0.05) is 6.08 Å². The summed E-state index contributed by atoms with van der Waals surface area (Å²) in [5, 5.41) is 8.35. The van der Waals surface area contributed by atoms with Gasteiger partial charge in [0, 0.05) is 32.4 Å². The molecule has 0 aliphatic carbocycles.